The van der Waals surface area contributed by atoms with Crippen molar-refractivity contribution < 1.29 is 17.9 Å². The molecule has 19 heavy (non-hydrogen) atoms. The molecular weight excluding hydrogens is 261 g/mol. The average Bonchev–Trinajstić information content (AvgIpc) is 2.31. The third kappa shape index (κ3) is 2.71. The van der Waals surface area contributed by atoms with E-state index in [1.54, 1.807) is 0 Å². The van der Waals surface area contributed by atoms with Crippen LogP contribution in [0.25, 0.3) is 0 Å². The number of nitrogen functional groups attached to an aromatic ring is 1. The minimum absolute atomic E-state index is 0.145. The highest BCUT2D eigenvalue weighted by molar-refractivity contribution is 5.52. The molecular formula is C11H11F3N4O. The SMILES string of the molecule is N#CC1CC(Oc2ccnc(NN)c2C(F)(F)F)C1. The van der Waals surface area contributed by atoms with Crippen molar-refractivity contribution in [2.45, 2.75) is 25.1 Å². The van der Waals surface area contributed by atoms with E-state index in [-0.39, 0.29) is 17.8 Å². The van der Waals surface area contributed by atoms with Crippen LogP contribution < -0.4 is 16.0 Å². The van der Waals surface area contributed by atoms with Crippen LogP contribution in [0, 0.1) is 17.2 Å². The average molecular weight is 272 g/mol. The zero-order valence-corrected chi connectivity index (χ0v) is 9.74. The molecule has 0 aliphatic heterocycles. The van der Waals surface area contributed by atoms with E-state index in [0.717, 1.165) is 6.07 Å². The Morgan fingerprint density at radius 3 is 2.68 bits per heavy atom. The van der Waals surface area contributed by atoms with Crippen LogP contribution >= 0.6 is 0 Å². The first kappa shape index (κ1) is 13.4. The molecule has 5 nitrogen and oxygen atoms in total. The fourth-order valence-corrected chi connectivity index (χ4v) is 1.87. The number of nitrogens with two attached hydrogens (primary N) is 1. The molecule has 0 aromatic carbocycles. The number of rotatable bonds is 3. The van der Waals surface area contributed by atoms with Crippen LogP contribution in [0.5, 0.6) is 5.75 Å². The molecule has 1 aromatic heterocycles. The van der Waals surface area contributed by atoms with E-state index in [1.165, 1.54) is 6.20 Å². The van der Waals surface area contributed by atoms with Crippen LogP contribution in [0.1, 0.15) is 18.4 Å². The Balaban J connectivity index is 2.23. The first-order valence-electron chi connectivity index (χ1n) is 5.54. The predicted octanol–water partition coefficient (Wildman–Crippen LogP) is 2.07. The number of hydrogen-bond acceptors (Lipinski definition) is 5. The smallest absolute Gasteiger partial charge is 0.423 e. The maximum absolute atomic E-state index is 12.9. The van der Waals surface area contributed by atoms with Gasteiger partial charge in [-0.3, -0.25) is 0 Å². The first-order valence-corrected chi connectivity index (χ1v) is 5.54. The van der Waals surface area contributed by atoms with Crippen molar-refractivity contribution in [1.29, 1.82) is 5.26 Å². The van der Waals surface area contributed by atoms with E-state index in [0.29, 0.717) is 12.8 Å². The number of ether oxygens (including phenoxy) is 1. The van der Waals surface area contributed by atoms with Crippen molar-refractivity contribution in [1.82, 2.24) is 4.98 Å². The summed E-state index contributed by atoms with van der Waals surface area (Å²) in [6.45, 7) is 0. The minimum atomic E-state index is -4.62. The molecule has 1 heterocycles. The van der Waals surface area contributed by atoms with Gasteiger partial charge in [0.1, 0.15) is 17.4 Å². The summed E-state index contributed by atoms with van der Waals surface area (Å²) in [5.41, 5.74) is 0.879. The molecule has 3 N–H and O–H groups in total. The van der Waals surface area contributed by atoms with Crippen molar-refractivity contribution in [3.05, 3.63) is 17.8 Å². The standard InChI is InChI=1S/C11H11F3N4O/c12-11(13,14)9-8(1-2-17-10(9)18-16)19-7-3-6(4-7)5-15/h1-2,6-7H,3-4,16H2,(H,17,18). The third-order valence-corrected chi connectivity index (χ3v) is 2.90. The van der Waals surface area contributed by atoms with E-state index in [1.807, 2.05) is 11.5 Å². The van der Waals surface area contributed by atoms with Crippen LogP contribution in [0.4, 0.5) is 19.0 Å². The summed E-state index contributed by atoms with van der Waals surface area (Å²) in [5.74, 6) is 4.07. The Morgan fingerprint density at radius 2 is 2.16 bits per heavy atom. The van der Waals surface area contributed by atoms with Crippen LogP contribution in [-0.4, -0.2) is 11.1 Å². The van der Waals surface area contributed by atoms with Gasteiger partial charge in [-0.2, -0.15) is 18.4 Å². The van der Waals surface area contributed by atoms with E-state index < -0.39 is 17.6 Å². The Kier molecular flexibility index (Phi) is 3.48. The Hall–Kier alpha value is -2.01. The van der Waals surface area contributed by atoms with Crippen molar-refractivity contribution in [2.75, 3.05) is 5.43 Å². The van der Waals surface area contributed by atoms with Crippen LogP contribution in [0.3, 0.4) is 0 Å². The van der Waals surface area contributed by atoms with Gasteiger partial charge in [0.15, 0.2) is 5.82 Å². The maximum Gasteiger partial charge on any atom is 0.423 e. The number of anilines is 1. The number of nitrogens with one attached hydrogen (secondary N) is 1. The zero-order valence-electron chi connectivity index (χ0n) is 9.74. The lowest BCUT2D eigenvalue weighted by Crippen LogP contribution is -2.33. The second-order valence-electron chi connectivity index (χ2n) is 4.21. The lowest BCUT2D eigenvalue weighted by atomic mass is 9.83. The van der Waals surface area contributed by atoms with Gasteiger partial charge >= 0.3 is 6.18 Å². The Morgan fingerprint density at radius 1 is 1.47 bits per heavy atom. The summed E-state index contributed by atoms with van der Waals surface area (Å²) in [4.78, 5) is 3.52. The summed E-state index contributed by atoms with van der Waals surface area (Å²) in [6, 6.07) is 3.18. The van der Waals surface area contributed by atoms with Gasteiger partial charge in [0.25, 0.3) is 0 Å². The monoisotopic (exact) mass is 272 g/mol. The fourth-order valence-electron chi connectivity index (χ4n) is 1.87. The molecule has 1 aliphatic rings. The fraction of sp³-hybridized carbons (Fsp3) is 0.455. The normalized spacial score (nSPS) is 22.3. The lowest BCUT2D eigenvalue weighted by Gasteiger charge is -2.31. The largest absolute Gasteiger partial charge is 0.489 e. The summed E-state index contributed by atoms with van der Waals surface area (Å²) in [7, 11) is 0. The summed E-state index contributed by atoms with van der Waals surface area (Å²) < 4.78 is 44.1. The number of pyridine rings is 1. The highest BCUT2D eigenvalue weighted by atomic mass is 19.4. The Labute approximate surface area is 107 Å². The minimum Gasteiger partial charge on any atom is -0.489 e. The molecule has 0 unspecified atom stereocenters. The quantitative estimate of drug-likeness (QED) is 0.650. The molecule has 1 aliphatic carbocycles. The number of hydrazine groups is 1. The van der Waals surface area contributed by atoms with E-state index in [2.05, 4.69) is 4.98 Å². The summed E-state index contributed by atoms with van der Waals surface area (Å²) in [6.07, 6.45) is -2.95. The number of hydrogen-bond donors (Lipinski definition) is 2. The molecule has 1 saturated carbocycles. The highest BCUT2D eigenvalue weighted by Crippen LogP contribution is 2.42. The van der Waals surface area contributed by atoms with Gasteiger partial charge in [-0.05, 0) is 6.07 Å². The number of alkyl halides is 3. The van der Waals surface area contributed by atoms with Gasteiger partial charge < -0.3 is 10.2 Å². The third-order valence-electron chi connectivity index (χ3n) is 2.90. The van der Waals surface area contributed by atoms with Gasteiger partial charge in [-0.1, -0.05) is 0 Å². The summed E-state index contributed by atoms with van der Waals surface area (Å²) >= 11 is 0. The second kappa shape index (κ2) is 4.93. The lowest BCUT2D eigenvalue weighted by molar-refractivity contribution is -0.139. The van der Waals surface area contributed by atoms with Crippen LogP contribution in [-0.2, 0) is 6.18 Å². The molecule has 102 valence electrons. The molecule has 2 rings (SSSR count). The van der Waals surface area contributed by atoms with Gasteiger partial charge in [-0.25, -0.2) is 10.8 Å². The number of nitrogens with zero attached hydrogens (tertiary/aromatic N) is 2. The zero-order chi connectivity index (χ0) is 14.0. The number of halogens is 3. The van der Waals surface area contributed by atoms with Crippen molar-refractivity contribution in [3.8, 4) is 11.8 Å². The van der Waals surface area contributed by atoms with Gasteiger partial charge in [0.05, 0.1) is 12.0 Å². The molecule has 0 bridgehead atoms. The highest BCUT2D eigenvalue weighted by Gasteiger charge is 2.40. The van der Waals surface area contributed by atoms with Crippen LogP contribution in [0.2, 0.25) is 0 Å². The van der Waals surface area contributed by atoms with Crippen molar-refractivity contribution >= 4 is 5.82 Å². The molecule has 1 fully saturated rings. The molecule has 0 saturated heterocycles. The number of nitriles is 1. The van der Waals surface area contributed by atoms with E-state index in [9.17, 15) is 13.2 Å². The summed E-state index contributed by atoms with van der Waals surface area (Å²) in [5, 5.41) is 8.61. The van der Waals surface area contributed by atoms with Crippen molar-refractivity contribution in [2.24, 2.45) is 11.8 Å². The first-order chi connectivity index (χ1) is 8.95. The number of aromatic nitrogens is 1. The van der Waals surface area contributed by atoms with Gasteiger partial charge in [-0.15, -0.1) is 0 Å². The molecule has 0 atom stereocenters. The van der Waals surface area contributed by atoms with E-state index in [4.69, 9.17) is 15.8 Å². The van der Waals surface area contributed by atoms with Gasteiger partial charge in [0, 0.05) is 19.0 Å². The molecule has 8 heteroatoms. The molecule has 0 radical (unpaired) electrons. The van der Waals surface area contributed by atoms with E-state index >= 15 is 0 Å². The topological polar surface area (TPSA) is 84.0 Å². The predicted molar refractivity (Wildman–Crippen MR) is 59.8 cm³/mol. The van der Waals surface area contributed by atoms with Crippen molar-refractivity contribution in [3.63, 3.8) is 0 Å². The molecule has 1 aromatic rings. The maximum atomic E-state index is 12.9. The molecule has 0 spiro atoms. The Bertz CT molecular complexity index is 506. The molecule has 0 amide bonds. The van der Waals surface area contributed by atoms with Crippen LogP contribution in [0.15, 0.2) is 12.3 Å². The second-order valence-corrected chi connectivity index (χ2v) is 4.21. The van der Waals surface area contributed by atoms with Gasteiger partial charge in [0.2, 0.25) is 0 Å².